The molecule has 29 heavy (non-hydrogen) atoms. The normalized spacial score (nSPS) is 31.3. The number of aliphatic carboxylic acids is 1. The molecule has 2 saturated carbocycles. The van der Waals surface area contributed by atoms with Crippen molar-refractivity contribution >= 4 is 23.3 Å². The van der Waals surface area contributed by atoms with E-state index in [2.05, 4.69) is 29.6 Å². The van der Waals surface area contributed by atoms with Gasteiger partial charge in [-0.25, -0.2) is 4.79 Å². The van der Waals surface area contributed by atoms with Crippen molar-refractivity contribution in [2.75, 3.05) is 5.32 Å². The molecule has 4 heteroatoms. The fraction of sp³-hybridized carbons (Fsp3) is 0.480. The van der Waals surface area contributed by atoms with Gasteiger partial charge in [0.15, 0.2) is 0 Å². The minimum Gasteiger partial charge on any atom is -0.480 e. The summed E-state index contributed by atoms with van der Waals surface area (Å²) in [5.41, 5.74) is 3.01. The molecule has 1 atom stereocenters. The van der Waals surface area contributed by atoms with Gasteiger partial charge in [0.05, 0.1) is 0 Å². The number of anilines is 1. The van der Waals surface area contributed by atoms with Crippen LogP contribution in [0.15, 0.2) is 48.5 Å². The Hall–Kier alpha value is -2.00. The van der Waals surface area contributed by atoms with Crippen LogP contribution >= 0.6 is 11.6 Å². The average molecular weight is 410 g/mol. The molecular weight excluding hydrogens is 382 g/mol. The van der Waals surface area contributed by atoms with E-state index in [4.69, 9.17) is 11.6 Å². The molecule has 2 aromatic carbocycles. The van der Waals surface area contributed by atoms with E-state index in [0.29, 0.717) is 23.8 Å². The average Bonchev–Trinajstić information content (AvgIpc) is 2.96. The first kappa shape index (κ1) is 19.0. The Kier molecular flexibility index (Phi) is 4.62. The Morgan fingerprint density at radius 2 is 1.79 bits per heavy atom. The van der Waals surface area contributed by atoms with E-state index in [1.54, 1.807) is 0 Å². The molecule has 0 aromatic heterocycles. The van der Waals surface area contributed by atoms with Crippen molar-refractivity contribution < 1.29 is 9.90 Å². The fourth-order valence-corrected chi connectivity index (χ4v) is 6.46. The largest absolute Gasteiger partial charge is 0.480 e. The summed E-state index contributed by atoms with van der Waals surface area (Å²) in [5.74, 6) is 0.728. The zero-order chi connectivity index (χ0) is 20.1. The van der Waals surface area contributed by atoms with Crippen LogP contribution in [-0.2, 0) is 16.6 Å². The number of hydrogen-bond donors (Lipinski definition) is 2. The number of carboxylic acids is 1. The van der Waals surface area contributed by atoms with Crippen molar-refractivity contribution in [3.8, 4) is 0 Å². The van der Waals surface area contributed by atoms with E-state index in [-0.39, 0.29) is 5.41 Å². The monoisotopic (exact) mass is 409 g/mol. The highest BCUT2D eigenvalue weighted by molar-refractivity contribution is 6.30. The molecule has 1 unspecified atom stereocenters. The van der Waals surface area contributed by atoms with Crippen molar-refractivity contribution in [3.05, 3.63) is 64.7 Å². The van der Waals surface area contributed by atoms with Crippen molar-refractivity contribution in [1.29, 1.82) is 0 Å². The zero-order valence-corrected chi connectivity index (χ0v) is 17.4. The molecule has 2 aromatic rings. The van der Waals surface area contributed by atoms with E-state index in [0.717, 1.165) is 24.4 Å². The SMILES string of the molecule is O=C(O)C1(Nc2cccc(Cl)c2)CCC2(CC1)c1ccccc1CC2C1CCC1. The molecule has 0 amide bonds. The predicted octanol–water partition coefficient (Wildman–Crippen LogP) is 6.06. The molecule has 5 rings (SSSR count). The van der Waals surface area contributed by atoms with Crippen LogP contribution in [0.2, 0.25) is 5.02 Å². The molecule has 0 aliphatic heterocycles. The van der Waals surface area contributed by atoms with E-state index >= 15 is 0 Å². The number of carboxylic acid groups (broad SMARTS) is 1. The van der Waals surface area contributed by atoms with Gasteiger partial charge in [-0.3, -0.25) is 0 Å². The highest BCUT2D eigenvalue weighted by Crippen LogP contribution is 2.59. The predicted molar refractivity (Wildman–Crippen MR) is 117 cm³/mol. The van der Waals surface area contributed by atoms with Gasteiger partial charge in [-0.05, 0) is 78.7 Å². The topological polar surface area (TPSA) is 49.3 Å². The lowest BCUT2D eigenvalue weighted by molar-refractivity contribution is -0.144. The summed E-state index contributed by atoms with van der Waals surface area (Å²) in [5, 5.41) is 14.2. The van der Waals surface area contributed by atoms with Crippen LogP contribution in [0.5, 0.6) is 0 Å². The first-order valence-corrected chi connectivity index (χ1v) is 11.3. The molecule has 1 spiro atoms. The van der Waals surface area contributed by atoms with Gasteiger partial charge in [0, 0.05) is 10.7 Å². The van der Waals surface area contributed by atoms with Gasteiger partial charge in [-0.2, -0.15) is 0 Å². The molecule has 2 fully saturated rings. The van der Waals surface area contributed by atoms with Crippen molar-refractivity contribution in [3.63, 3.8) is 0 Å². The van der Waals surface area contributed by atoms with Crippen LogP contribution in [0.1, 0.15) is 56.1 Å². The molecule has 0 bridgehead atoms. The van der Waals surface area contributed by atoms with Gasteiger partial charge in [0.25, 0.3) is 0 Å². The third-order valence-electron chi connectivity index (χ3n) is 8.04. The molecule has 3 nitrogen and oxygen atoms in total. The Balaban J connectivity index is 1.45. The van der Waals surface area contributed by atoms with Gasteiger partial charge in [0.1, 0.15) is 5.54 Å². The third kappa shape index (κ3) is 3.06. The van der Waals surface area contributed by atoms with E-state index in [1.165, 1.54) is 36.8 Å². The van der Waals surface area contributed by atoms with E-state index in [9.17, 15) is 9.90 Å². The standard InChI is InChI=1S/C25H28ClNO2/c26-19-8-4-9-20(16-19)27-25(23(28)29)13-11-24(12-14-25)21-10-2-1-5-18(21)15-22(24)17-6-3-7-17/h1-2,4-5,8-10,16-17,22,27H,3,6-7,11-15H2,(H,28,29). The lowest BCUT2D eigenvalue weighted by atomic mass is 9.56. The Morgan fingerprint density at radius 3 is 2.45 bits per heavy atom. The first-order chi connectivity index (χ1) is 14.0. The summed E-state index contributed by atoms with van der Waals surface area (Å²) >= 11 is 6.13. The van der Waals surface area contributed by atoms with E-state index < -0.39 is 11.5 Å². The van der Waals surface area contributed by atoms with Crippen LogP contribution < -0.4 is 5.32 Å². The Labute approximate surface area is 177 Å². The Bertz CT molecular complexity index is 928. The summed E-state index contributed by atoms with van der Waals surface area (Å²) in [6, 6.07) is 16.3. The van der Waals surface area contributed by atoms with Gasteiger partial charge in [-0.15, -0.1) is 0 Å². The second kappa shape index (κ2) is 7.05. The van der Waals surface area contributed by atoms with Crippen LogP contribution in [0.3, 0.4) is 0 Å². The minimum atomic E-state index is -0.919. The van der Waals surface area contributed by atoms with Gasteiger partial charge in [-0.1, -0.05) is 61.2 Å². The highest BCUT2D eigenvalue weighted by atomic mass is 35.5. The molecule has 0 radical (unpaired) electrons. The number of hydrogen-bond acceptors (Lipinski definition) is 2. The smallest absolute Gasteiger partial charge is 0.329 e. The van der Waals surface area contributed by atoms with Crippen LogP contribution in [-0.4, -0.2) is 16.6 Å². The zero-order valence-electron chi connectivity index (χ0n) is 16.7. The van der Waals surface area contributed by atoms with Gasteiger partial charge in [0.2, 0.25) is 0 Å². The van der Waals surface area contributed by atoms with Gasteiger partial charge < -0.3 is 10.4 Å². The molecule has 0 heterocycles. The second-order valence-electron chi connectivity index (χ2n) is 9.34. The number of fused-ring (bicyclic) bond motifs is 2. The summed E-state index contributed by atoms with van der Waals surface area (Å²) < 4.78 is 0. The summed E-state index contributed by atoms with van der Waals surface area (Å²) in [6.45, 7) is 0. The molecule has 0 saturated heterocycles. The summed E-state index contributed by atoms with van der Waals surface area (Å²) in [4.78, 5) is 12.4. The lowest BCUT2D eigenvalue weighted by Crippen LogP contribution is -2.54. The van der Waals surface area contributed by atoms with Crippen LogP contribution in [0.4, 0.5) is 5.69 Å². The minimum absolute atomic E-state index is 0.149. The number of rotatable bonds is 4. The third-order valence-corrected chi connectivity index (χ3v) is 8.27. The second-order valence-corrected chi connectivity index (χ2v) is 9.77. The highest BCUT2D eigenvalue weighted by Gasteiger charge is 2.55. The number of carbonyl (C=O) groups is 1. The van der Waals surface area contributed by atoms with E-state index in [1.807, 2.05) is 24.3 Å². The van der Waals surface area contributed by atoms with Crippen molar-refractivity contribution in [2.45, 2.75) is 62.3 Å². The quantitative estimate of drug-likeness (QED) is 0.645. The van der Waals surface area contributed by atoms with Crippen LogP contribution in [0, 0.1) is 11.8 Å². The van der Waals surface area contributed by atoms with Crippen molar-refractivity contribution in [2.24, 2.45) is 11.8 Å². The maximum absolute atomic E-state index is 12.4. The maximum atomic E-state index is 12.4. The summed E-state index contributed by atoms with van der Waals surface area (Å²) in [6.07, 6.45) is 8.36. The van der Waals surface area contributed by atoms with Gasteiger partial charge >= 0.3 is 5.97 Å². The molecule has 3 aliphatic carbocycles. The maximum Gasteiger partial charge on any atom is 0.329 e. The molecule has 3 aliphatic rings. The summed E-state index contributed by atoms with van der Waals surface area (Å²) in [7, 11) is 0. The number of benzene rings is 2. The van der Waals surface area contributed by atoms with Crippen molar-refractivity contribution in [1.82, 2.24) is 0 Å². The number of halogens is 1. The molecular formula is C25H28ClNO2. The molecule has 152 valence electrons. The Morgan fingerprint density at radius 1 is 1.03 bits per heavy atom. The first-order valence-electron chi connectivity index (χ1n) is 10.9. The molecule has 2 N–H and O–H groups in total. The number of nitrogens with one attached hydrogen (secondary N) is 1. The van der Waals surface area contributed by atoms with Crippen LogP contribution in [0.25, 0.3) is 0 Å². The lowest BCUT2D eigenvalue weighted by Gasteiger charge is -2.50. The fourth-order valence-electron chi connectivity index (χ4n) is 6.27.